The Bertz CT molecular complexity index is 996. The van der Waals surface area contributed by atoms with E-state index in [0.717, 1.165) is 4.83 Å². The Hall–Kier alpha value is -2.38. The molecule has 2 heterocycles. The van der Waals surface area contributed by atoms with Gasteiger partial charge in [-0.05, 0) is 36.6 Å². The fourth-order valence-electron chi connectivity index (χ4n) is 2.55. The second kappa shape index (κ2) is 7.25. The molecule has 3 aromatic rings. The fraction of sp³-hybridized carbons (Fsp3) is 0.235. The Morgan fingerprint density at radius 2 is 2.20 bits per heavy atom. The van der Waals surface area contributed by atoms with Gasteiger partial charge in [-0.1, -0.05) is 11.6 Å². The van der Waals surface area contributed by atoms with Crippen molar-refractivity contribution in [1.29, 1.82) is 0 Å². The number of aryl methyl sites for hydroxylation is 1. The van der Waals surface area contributed by atoms with Gasteiger partial charge in [0.15, 0.2) is 0 Å². The molecule has 0 saturated carbocycles. The summed E-state index contributed by atoms with van der Waals surface area (Å²) >= 11 is 7.38. The van der Waals surface area contributed by atoms with E-state index >= 15 is 0 Å². The first-order chi connectivity index (χ1) is 12.0. The largest absolute Gasteiger partial charge is 0.496 e. The Morgan fingerprint density at radius 1 is 1.40 bits per heavy atom. The summed E-state index contributed by atoms with van der Waals surface area (Å²) in [5.74, 6) is 0.751. The van der Waals surface area contributed by atoms with Crippen molar-refractivity contribution in [1.82, 2.24) is 14.9 Å². The molecule has 1 aromatic carbocycles. The summed E-state index contributed by atoms with van der Waals surface area (Å²) in [4.78, 5) is 30.0. The predicted molar refractivity (Wildman–Crippen MR) is 99.0 cm³/mol. The van der Waals surface area contributed by atoms with Gasteiger partial charge in [0.05, 0.1) is 18.1 Å². The molecule has 0 aliphatic rings. The Kier molecular flexibility index (Phi) is 5.06. The highest BCUT2D eigenvalue weighted by molar-refractivity contribution is 7.16. The number of ether oxygens (including phenoxy) is 1. The molecule has 1 amide bonds. The van der Waals surface area contributed by atoms with Gasteiger partial charge < -0.3 is 10.1 Å². The lowest BCUT2D eigenvalue weighted by Gasteiger charge is -2.12. The van der Waals surface area contributed by atoms with Crippen LogP contribution in [0.15, 0.2) is 34.4 Å². The molecule has 0 atom stereocenters. The zero-order valence-electron chi connectivity index (χ0n) is 13.7. The number of hydrogen-bond donors (Lipinski definition) is 1. The molecule has 0 unspecified atom stereocenters. The lowest BCUT2D eigenvalue weighted by atomic mass is 10.2. The number of halogens is 1. The average Bonchev–Trinajstić information content (AvgIpc) is 3.06. The summed E-state index contributed by atoms with van der Waals surface area (Å²) in [7, 11) is 1.49. The summed E-state index contributed by atoms with van der Waals surface area (Å²) < 4.78 is 6.74. The maximum absolute atomic E-state index is 12.5. The number of carbonyl (C=O) groups is 1. The lowest BCUT2D eigenvalue weighted by Crippen LogP contribution is -2.32. The molecule has 6 nitrogen and oxygen atoms in total. The number of carbonyl (C=O) groups excluding carboxylic acids is 1. The van der Waals surface area contributed by atoms with Crippen molar-refractivity contribution < 1.29 is 9.53 Å². The first kappa shape index (κ1) is 17.4. The van der Waals surface area contributed by atoms with Gasteiger partial charge in [-0.2, -0.15) is 0 Å². The molecule has 8 heteroatoms. The van der Waals surface area contributed by atoms with Crippen molar-refractivity contribution in [2.24, 2.45) is 0 Å². The Labute approximate surface area is 153 Å². The minimum absolute atomic E-state index is 0.0988. The van der Waals surface area contributed by atoms with E-state index in [1.54, 1.807) is 35.8 Å². The molecule has 0 bridgehead atoms. The van der Waals surface area contributed by atoms with Crippen molar-refractivity contribution in [2.75, 3.05) is 13.7 Å². The number of rotatable bonds is 5. The molecule has 25 heavy (non-hydrogen) atoms. The van der Waals surface area contributed by atoms with E-state index in [0.29, 0.717) is 34.1 Å². The van der Waals surface area contributed by atoms with E-state index in [-0.39, 0.29) is 18.0 Å². The maximum atomic E-state index is 12.5. The van der Waals surface area contributed by atoms with Crippen molar-refractivity contribution in [2.45, 2.75) is 13.5 Å². The minimum atomic E-state index is -0.311. The number of amides is 1. The summed E-state index contributed by atoms with van der Waals surface area (Å²) in [6.07, 6.45) is 0. The number of fused-ring (bicyclic) bond motifs is 1. The molecule has 2 aromatic heterocycles. The minimum Gasteiger partial charge on any atom is -0.496 e. The van der Waals surface area contributed by atoms with E-state index in [1.807, 2.05) is 5.38 Å². The maximum Gasteiger partial charge on any atom is 0.262 e. The van der Waals surface area contributed by atoms with Crippen molar-refractivity contribution >= 4 is 39.1 Å². The van der Waals surface area contributed by atoms with Gasteiger partial charge in [0.1, 0.15) is 16.4 Å². The van der Waals surface area contributed by atoms with Gasteiger partial charge in [-0.15, -0.1) is 11.3 Å². The monoisotopic (exact) mass is 377 g/mol. The van der Waals surface area contributed by atoms with Gasteiger partial charge in [-0.25, -0.2) is 4.98 Å². The smallest absolute Gasteiger partial charge is 0.262 e. The summed E-state index contributed by atoms with van der Waals surface area (Å²) in [6.45, 7) is 2.40. The third-order valence-corrected chi connectivity index (χ3v) is 4.84. The molecule has 0 aliphatic carbocycles. The van der Waals surface area contributed by atoms with E-state index in [1.165, 1.54) is 18.4 Å². The fourth-order valence-corrected chi connectivity index (χ4v) is 3.52. The van der Waals surface area contributed by atoms with Gasteiger partial charge in [0.25, 0.3) is 11.5 Å². The van der Waals surface area contributed by atoms with Crippen LogP contribution >= 0.6 is 22.9 Å². The summed E-state index contributed by atoms with van der Waals surface area (Å²) in [5, 5.41) is 5.67. The summed E-state index contributed by atoms with van der Waals surface area (Å²) in [5.41, 5.74) is 0.254. The summed E-state index contributed by atoms with van der Waals surface area (Å²) in [6, 6.07) is 6.61. The number of hydrogen-bond acceptors (Lipinski definition) is 5. The molecule has 1 N–H and O–H groups in total. The lowest BCUT2D eigenvalue weighted by molar-refractivity contribution is 0.0949. The number of nitrogens with zero attached hydrogens (tertiary/aromatic N) is 2. The zero-order valence-corrected chi connectivity index (χ0v) is 15.3. The number of benzene rings is 1. The van der Waals surface area contributed by atoms with Crippen LogP contribution in [0, 0.1) is 6.92 Å². The van der Waals surface area contributed by atoms with E-state index in [2.05, 4.69) is 10.3 Å². The van der Waals surface area contributed by atoms with E-state index in [9.17, 15) is 9.59 Å². The third kappa shape index (κ3) is 3.52. The van der Waals surface area contributed by atoms with E-state index < -0.39 is 0 Å². The normalized spacial score (nSPS) is 10.8. The third-order valence-electron chi connectivity index (χ3n) is 3.80. The molecule has 0 radical (unpaired) electrons. The highest BCUT2D eigenvalue weighted by atomic mass is 35.5. The van der Waals surface area contributed by atoms with Crippen LogP contribution in [0.1, 0.15) is 16.2 Å². The van der Waals surface area contributed by atoms with Crippen LogP contribution in [0.2, 0.25) is 5.02 Å². The van der Waals surface area contributed by atoms with Crippen LogP contribution in [-0.4, -0.2) is 29.1 Å². The molecule has 0 fully saturated rings. The first-order valence-corrected chi connectivity index (χ1v) is 8.83. The van der Waals surface area contributed by atoms with Crippen LogP contribution in [0.3, 0.4) is 0 Å². The van der Waals surface area contributed by atoms with Gasteiger partial charge >= 0.3 is 0 Å². The van der Waals surface area contributed by atoms with Crippen LogP contribution < -0.4 is 15.6 Å². The van der Waals surface area contributed by atoms with Crippen LogP contribution in [-0.2, 0) is 6.54 Å². The van der Waals surface area contributed by atoms with Crippen LogP contribution in [0.5, 0.6) is 5.75 Å². The second-order valence-corrected chi connectivity index (χ2v) is 6.69. The molecular formula is C17H16ClN3O3S. The number of thiophene rings is 1. The highest BCUT2D eigenvalue weighted by Crippen LogP contribution is 2.22. The predicted octanol–water partition coefficient (Wildman–Crippen LogP) is 2.86. The van der Waals surface area contributed by atoms with Crippen molar-refractivity contribution in [3.8, 4) is 5.75 Å². The Balaban J connectivity index is 1.74. The molecule has 130 valence electrons. The molecule has 0 aliphatic heterocycles. The molecule has 0 spiro atoms. The highest BCUT2D eigenvalue weighted by Gasteiger charge is 2.13. The second-order valence-electron chi connectivity index (χ2n) is 5.36. The molecular weight excluding hydrogens is 362 g/mol. The van der Waals surface area contributed by atoms with Crippen molar-refractivity contribution in [3.63, 3.8) is 0 Å². The average molecular weight is 378 g/mol. The zero-order chi connectivity index (χ0) is 18.0. The number of methoxy groups -OCH3 is 1. The number of nitrogens with one attached hydrogen (secondary N) is 1. The Morgan fingerprint density at radius 3 is 2.96 bits per heavy atom. The standard InChI is InChI=1S/C17H16ClN3O3S/c1-10-20-16-12(5-8-25-16)17(23)21(10)7-6-19-15(22)13-9-11(18)3-4-14(13)24-2/h3-5,8-9H,6-7H2,1-2H3,(H,19,22). The quantitative estimate of drug-likeness (QED) is 0.742. The first-order valence-electron chi connectivity index (χ1n) is 7.57. The van der Waals surface area contributed by atoms with Crippen molar-refractivity contribution in [3.05, 3.63) is 56.4 Å². The van der Waals surface area contributed by atoms with Gasteiger partial charge in [-0.3, -0.25) is 14.2 Å². The number of aromatic nitrogens is 2. The van der Waals surface area contributed by atoms with Crippen LogP contribution in [0.25, 0.3) is 10.2 Å². The molecule has 0 saturated heterocycles. The van der Waals surface area contributed by atoms with E-state index in [4.69, 9.17) is 16.3 Å². The van der Waals surface area contributed by atoms with Gasteiger partial charge in [0.2, 0.25) is 0 Å². The van der Waals surface area contributed by atoms with Crippen LogP contribution in [0.4, 0.5) is 0 Å². The molecule has 3 rings (SSSR count). The topological polar surface area (TPSA) is 73.2 Å². The SMILES string of the molecule is COc1ccc(Cl)cc1C(=O)NCCn1c(C)nc2sccc2c1=O. The van der Waals surface area contributed by atoms with Gasteiger partial charge in [0, 0.05) is 18.1 Å².